The molecule has 9 atom stereocenters. The minimum Gasteiger partial charge on any atom is -0.480 e. The summed E-state index contributed by atoms with van der Waals surface area (Å²) in [6.45, 7) is 17.4. The van der Waals surface area contributed by atoms with Crippen LogP contribution in [0.2, 0.25) is 13.1 Å². The number of carbonyl (C=O) groups is 5. The Hall–Kier alpha value is -3.37. The Balaban J connectivity index is 2.26. The van der Waals surface area contributed by atoms with Crippen molar-refractivity contribution in [2.24, 2.45) is 23.7 Å². The molecule has 4 amide bonds. The van der Waals surface area contributed by atoms with E-state index in [9.17, 15) is 33.9 Å². The Labute approximate surface area is 335 Å². The van der Waals surface area contributed by atoms with Crippen molar-refractivity contribution >= 4 is 43.1 Å². The maximum absolute atomic E-state index is 14.2. The number of hydrogen-bond donors (Lipinski definition) is 5. The van der Waals surface area contributed by atoms with E-state index >= 15 is 0 Å². The van der Waals surface area contributed by atoms with Crippen molar-refractivity contribution in [3.63, 3.8) is 0 Å². The molecule has 0 unspecified atom stereocenters. The van der Waals surface area contributed by atoms with Gasteiger partial charge in [-0.2, -0.15) is 0 Å². The highest BCUT2D eigenvalue weighted by atomic mass is 28.4. The lowest BCUT2D eigenvalue weighted by Gasteiger charge is -2.41. The lowest BCUT2D eigenvalue weighted by molar-refractivity contribution is -0.148. The normalized spacial score (nSPS) is 19.1. The van der Waals surface area contributed by atoms with E-state index in [1.807, 2.05) is 41.5 Å². The quantitative estimate of drug-likeness (QED) is 0.109. The van der Waals surface area contributed by atoms with Gasteiger partial charge in [-0.1, -0.05) is 79.2 Å². The van der Waals surface area contributed by atoms with Crippen LogP contribution in [0.15, 0.2) is 24.3 Å². The Bertz CT molecular complexity index is 1450. The summed E-state index contributed by atoms with van der Waals surface area (Å²) in [6, 6.07) is 3.74. The predicted octanol–water partition coefficient (Wildman–Crippen LogP) is 2.51. The van der Waals surface area contributed by atoms with Crippen LogP contribution in [0.3, 0.4) is 0 Å². The van der Waals surface area contributed by atoms with Gasteiger partial charge >= 0.3 is 5.97 Å². The zero-order valence-corrected chi connectivity index (χ0v) is 37.0. The number of ether oxygens (including phenoxy) is 2. The Morgan fingerprint density at radius 2 is 1.52 bits per heavy atom. The standard InChI is InChI=1S/C41H71N5O9Si/c1-14-26(6)36(45(9)40(50)35(25(4)5)44-39(49)34(42-8)24(2)3)32(54-10)23-33(47)46-21-15-16-31(46)37(55-11)27(7)38(48)43-30(41(51)52)22-28-17-19-29(20-18-28)56(12,13)53/h17-20,24-27,30-32,34-37,42,53H,14-16,21-23H2,1-13H3,(H,43,48)(H,44,49)(H,51,52)/t26-,27+,30-,31-,32+,34-,35-,36-,37+/m1/s1. The fraction of sp³-hybridized carbons (Fsp3) is 0.732. The number of aliphatic carboxylic acids is 1. The van der Waals surface area contributed by atoms with Gasteiger partial charge in [0.05, 0.1) is 42.7 Å². The molecule has 0 radical (unpaired) electrons. The maximum Gasteiger partial charge on any atom is 0.326 e. The van der Waals surface area contributed by atoms with Crippen molar-refractivity contribution in [2.75, 3.05) is 34.9 Å². The molecule has 1 aliphatic rings. The molecule has 5 N–H and O–H groups in total. The SMILES string of the molecule is CC[C@@H](C)[C@H]([C@H](CC(=O)N1CCC[C@@H]1[C@@H](OC)[C@H](C)C(=O)N[C@H](Cc1ccc([Si](C)(C)O)cc1)C(=O)O)OC)N(C)C(=O)[C@H](NC(=O)[C@H](NC)C(C)C)C(C)C. The van der Waals surface area contributed by atoms with Gasteiger partial charge in [0.1, 0.15) is 12.1 Å². The molecule has 15 heteroatoms. The summed E-state index contributed by atoms with van der Waals surface area (Å²) in [5.41, 5.74) is 0.706. The molecule has 56 heavy (non-hydrogen) atoms. The maximum atomic E-state index is 14.2. The molecule has 1 aromatic rings. The third-order valence-electron chi connectivity index (χ3n) is 11.5. The zero-order valence-electron chi connectivity index (χ0n) is 36.0. The van der Waals surface area contributed by atoms with Gasteiger partial charge in [-0.15, -0.1) is 0 Å². The van der Waals surface area contributed by atoms with Crippen molar-refractivity contribution in [3.8, 4) is 0 Å². The molecule has 1 aromatic carbocycles. The van der Waals surface area contributed by atoms with Crippen LogP contribution >= 0.6 is 0 Å². The van der Waals surface area contributed by atoms with Gasteiger partial charge < -0.3 is 45.1 Å². The molecule has 318 valence electrons. The summed E-state index contributed by atoms with van der Waals surface area (Å²) in [7, 11) is 3.91. The number of amides is 4. The fourth-order valence-electron chi connectivity index (χ4n) is 7.84. The second-order valence-corrected chi connectivity index (χ2v) is 20.4. The minimum atomic E-state index is -2.52. The number of hydrogen-bond acceptors (Lipinski definition) is 9. The molecule has 1 saturated heterocycles. The smallest absolute Gasteiger partial charge is 0.326 e. The van der Waals surface area contributed by atoms with Gasteiger partial charge in [0, 0.05) is 34.2 Å². The van der Waals surface area contributed by atoms with Gasteiger partial charge in [0.2, 0.25) is 31.9 Å². The third kappa shape index (κ3) is 12.8. The zero-order chi connectivity index (χ0) is 42.7. The fourth-order valence-corrected chi connectivity index (χ4v) is 8.82. The average Bonchev–Trinajstić information content (AvgIpc) is 3.62. The van der Waals surface area contributed by atoms with Crippen molar-refractivity contribution in [3.05, 3.63) is 29.8 Å². The van der Waals surface area contributed by atoms with Gasteiger partial charge in [-0.05, 0) is 61.5 Å². The number of benzene rings is 1. The monoisotopic (exact) mass is 806 g/mol. The van der Waals surface area contributed by atoms with E-state index in [0.29, 0.717) is 31.4 Å². The Morgan fingerprint density at radius 3 is 1.98 bits per heavy atom. The first-order valence-corrected chi connectivity index (χ1v) is 23.0. The number of rotatable bonds is 22. The van der Waals surface area contributed by atoms with Gasteiger partial charge in [-0.25, -0.2) is 4.79 Å². The van der Waals surface area contributed by atoms with E-state index in [1.165, 1.54) is 14.2 Å². The van der Waals surface area contributed by atoms with E-state index in [0.717, 1.165) is 5.19 Å². The number of carboxylic acid groups (broad SMARTS) is 1. The molecule has 0 aliphatic carbocycles. The van der Waals surface area contributed by atoms with Crippen LogP contribution < -0.4 is 21.1 Å². The van der Waals surface area contributed by atoms with Crippen LogP contribution in [-0.2, 0) is 39.9 Å². The summed E-state index contributed by atoms with van der Waals surface area (Å²) < 4.78 is 11.9. The van der Waals surface area contributed by atoms with Crippen molar-refractivity contribution in [1.82, 2.24) is 25.8 Å². The van der Waals surface area contributed by atoms with Crippen molar-refractivity contribution in [2.45, 2.75) is 136 Å². The third-order valence-corrected chi connectivity index (χ3v) is 13.2. The second kappa shape index (κ2) is 22.0. The molecule has 0 aromatic heterocycles. The number of likely N-dealkylation sites (tertiary alicyclic amines) is 1. The highest BCUT2D eigenvalue weighted by molar-refractivity contribution is 6.83. The van der Waals surface area contributed by atoms with Crippen molar-refractivity contribution < 1.29 is 43.3 Å². The number of methoxy groups -OCH3 is 2. The summed E-state index contributed by atoms with van der Waals surface area (Å²) in [5, 5.41) is 19.5. The molecule has 1 aliphatic heterocycles. The topological polar surface area (TPSA) is 187 Å². The van der Waals surface area contributed by atoms with Crippen LogP contribution in [0.1, 0.15) is 79.7 Å². The lowest BCUT2D eigenvalue weighted by atomic mass is 9.89. The molecular weight excluding hydrogens is 735 g/mol. The largest absolute Gasteiger partial charge is 0.480 e. The molecule has 1 heterocycles. The molecule has 14 nitrogen and oxygen atoms in total. The first-order valence-electron chi connectivity index (χ1n) is 20.1. The van der Waals surface area contributed by atoms with Crippen molar-refractivity contribution in [1.29, 1.82) is 0 Å². The second-order valence-electron chi connectivity index (χ2n) is 16.7. The van der Waals surface area contributed by atoms with Gasteiger partial charge in [0.15, 0.2) is 0 Å². The summed E-state index contributed by atoms with van der Waals surface area (Å²) in [4.78, 5) is 81.2. The van der Waals surface area contributed by atoms with Crippen LogP contribution in [0, 0.1) is 23.7 Å². The highest BCUT2D eigenvalue weighted by Gasteiger charge is 2.43. The number of carboxylic acids is 1. The summed E-state index contributed by atoms with van der Waals surface area (Å²) in [5.74, 6) is -3.44. The first-order chi connectivity index (χ1) is 26.1. The molecule has 0 bridgehead atoms. The van der Waals surface area contributed by atoms with Gasteiger partial charge in [-0.3, -0.25) is 19.2 Å². The average molecular weight is 806 g/mol. The van der Waals surface area contributed by atoms with Crippen LogP contribution in [0.25, 0.3) is 0 Å². The molecular formula is C41H71N5O9Si. The molecule has 0 spiro atoms. The molecule has 2 rings (SSSR count). The summed E-state index contributed by atoms with van der Waals surface area (Å²) in [6.07, 6.45) is 0.626. The van der Waals surface area contributed by atoms with E-state index in [2.05, 4.69) is 16.0 Å². The Morgan fingerprint density at radius 1 is 0.929 bits per heavy atom. The van der Waals surface area contributed by atoms with E-state index in [4.69, 9.17) is 9.47 Å². The minimum absolute atomic E-state index is 0.0136. The number of nitrogens with one attached hydrogen (secondary N) is 3. The molecule has 1 fully saturated rings. The summed E-state index contributed by atoms with van der Waals surface area (Å²) >= 11 is 0. The Kier molecular flexibility index (Phi) is 19.1. The van der Waals surface area contributed by atoms with Crippen LogP contribution in [0.4, 0.5) is 0 Å². The number of likely N-dealkylation sites (N-methyl/N-ethyl adjacent to an activating group) is 2. The van der Waals surface area contributed by atoms with Crippen LogP contribution in [-0.4, -0.2) is 135 Å². The first kappa shape index (κ1) is 48.8. The van der Waals surface area contributed by atoms with E-state index in [1.54, 1.807) is 68.2 Å². The van der Waals surface area contributed by atoms with Gasteiger partial charge in [0.25, 0.3) is 0 Å². The highest BCUT2D eigenvalue weighted by Crippen LogP contribution is 2.30. The predicted molar refractivity (Wildman–Crippen MR) is 220 cm³/mol. The molecule has 0 saturated carbocycles. The number of nitrogens with zero attached hydrogens (tertiary/aromatic N) is 2. The van der Waals surface area contributed by atoms with Crippen LogP contribution in [0.5, 0.6) is 0 Å². The van der Waals surface area contributed by atoms with E-state index in [-0.39, 0.29) is 48.3 Å². The number of carbonyl (C=O) groups excluding carboxylic acids is 4. The van der Waals surface area contributed by atoms with E-state index < -0.39 is 68.5 Å². The lowest BCUT2D eigenvalue weighted by Crippen LogP contribution is -2.59.